The van der Waals surface area contributed by atoms with E-state index in [2.05, 4.69) is 34.8 Å². The highest BCUT2D eigenvalue weighted by Gasteiger charge is 2.40. The number of rotatable bonds is 9. The number of nitro benzene ring substituents is 1. The predicted octanol–water partition coefficient (Wildman–Crippen LogP) is 6.14. The SMILES string of the molecule is CCc1cccc2c3c([nH]c12)C(CC)(CC(=O)O)OCC3.CS(=O)(=O)Nc1ccc([N+](=O)[O-])cc1Oc1ccccc1. The lowest BCUT2D eigenvalue weighted by molar-refractivity contribution is -0.384. The number of non-ortho nitro benzene ring substituents is 1. The minimum Gasteiger partial charge on any atom is -0.481 e. The van der Waals surface area contributed by atoms with E-state index in [1.54, 1.807) is 30.3 Å². The minimum atomic E-state index is -3.52. The number of benzene rings is 3. The number of para-hydroxylation sites is 2. The number of aromatic nitrogens is 1. The Morgan fingerprint density at radius 3 is 2.50 bits per heavy atom. The number of aliphatic carboxylic acids is 1. The largest absolute Gasteiger partial charge is 0.481 e. The molecule has 0 bridgehead atoms. The first-order valence-corrected chi connectivity index (χ1v) is 15.3. The molecule has 1 aliphatic rings. The maximum absolute atomic E-state index is 11.3. The van der Waals surface area contributed by atoms with Crippen molar-refractivity contribution >= 4 is 38.3 Å². The molecule has 5 rings (SSSR count). The Morgan fingerprint density at radius 2 is 1.88 bits per heavy atom. The fourth-order valence-corrected chi connectivity index (χ4v) is 5.66. The van der Waals surface area contributed by atoms with Crippen molar-refractivity contribution < 1.29 is 32.7 Å². The summed E-state index contributed by atoms with van der Waals surface area (Å²) in [5.74, 6) is -0.325. The van der Waals surface area contributed by atoms with Crippen LogP contribution in [0.1, 0.15) is 43.5 Å². The standard InChI is InChI=1S/C17H21NO3.C13H12N2O5S/c1-3-11-6-5-7-12-13-8-9-21-17(4-2,10-14(19)20)16(13)18-15(11)12;1-21(18,19)14-12-8-7-10(15(16)17)9-13(12)20-11-5-3-2-4-6-11/h5-7,18H,3-4,8-10H2,1-2H3,(H,19,20);2-9,14H,1H3. The van der Waals surface area contributed by atoms with Crippen molar-refractivity contribution in [1.29, 1.82) is 0 Å². The Labute approximate surface area is 243 Å². The Balaban J connectivity index is 0.000000193. The summed E-state index contributed by atoms with van der Waals surface area (Å²) in [5.41, 5.74) is 3.82. The smallest absolute Gasteiger partial charge is 0.306 e. The van der Waals surface area contributed by atoms with Crippen LogP contribution in [0.15, 0.2) is 66.7 Å². The van der Waals surface area contributed by atoms with Gasteiger partial charge in [-0.15, -0.1) is 0 Å². The number of nitrogens with zero attached hydrogens (tertiary/aromatic N) is 1. The molecule has 0 spiro atoms. The molecule has 42 heavy (non-hydrogen) atoms. The first-order valence-electron chi connectivity index (χ1n) is 13.4. The number of aromatic amines is 1. The van der Waals surface area contributed by atoms with Gasteiger partial charge in [0.25, 0.3) is 5.69 Å². The molecule has 2 heterocycles. The number of carboxylic acids is 1. The highest BCUT2D eigenvalue weighted by molar-refractivity contribution is 7.92. The molecule has 1 aromatic heterocycles. The third-order valence-corrected chi connectivity index (χ3v) is 7.64. The fourth-order valence-electron chi connectivity index (χ4n) is 5.09. The molecule has 3 aromatic carbocycles. The molecule has 11 nitrogen and oxygen atoms in total. The van der Waals surface area contributed by atoms with E-state index in [1.807, 2.05) is 6.92 Å². The molecule has 0 amide bonds. The van der Waals surface area contributed by atoms with Gasteiger partial charge in [0.15, 0.2) is 5.75 Å². The summed E-state index contributed by atoms with van der Waals surface area (Å²) >= 11 is 0. The number of anilines is 1. The minimum absolute atomic E-state index is 0.00474. The molecule has 0 fully saturated rings. The van der Waals surface area contributed by atoms with Gasteiger partial charge in [-0.2, -0.15) is 0 Å². The van der Waals surface area contributed by atoms with Crippen LogP contribution in [0.2, 0.25) is 0 Å². The van der Waals surface area contributed by atoms with Crippen LogP contribution in [0.3, 0.4) is 0 Å². The number of nitro groups is 1. The molecular formula is C30H33N3O8S. The van der Waals surface area contributed by atoms with Crippen molar-refractivity contribution in [2.24, 2.45) is 0 Å². The maximum atomic E-state index is 11.3. The van der Waals surface area contributed by atoms with Gasteiger partial charge < -0.3 is 19.6 Å². The van der Waals surface area contributed by atoms with Gasteiger partial charge in [-0.3, -0.25) is 19.6 Å². The zero-order chi connectivity index (χ0) is 30.5. The molecule has 0 saturated carbocycles. The van der Waals surface area contributed by atoms with Crippen molar-refractivity contribution in [3.63, 3.8) is 0 Å². The van der Waals surface area contributed by atoms with Crippen LogP contribution in [0.25, 0.3) is 10.9 Å². The van der Waals surface area contributed by atoms with Crippen LogP contribution in [0, 0.1) is 10.1 Å². The summed E-state index contributed by atoms with van der Waals surface area (Å²) in [6, 6.07) is 18.5. The summed E-state index contributed by atoms with van der Waals surface area (Å²) in [6.07, 6.45) is 3.44. The summed E-state index contributed by atoms with van der Waals surface area (Å²) < 4.78 is 36.4. The average molecular weight is 596 g/mol. The van der Waals surface area contributed by atoms with E-state index in [4.69, 9.17) is 9.47 Å². The number of carboxylic acid groups (broad SMARTS) is 1. The number of ether oxygens (including phenoxy) is 2. The van der Waals surface area contributed by atoms with Crippen LogP contribution < -0.4 is 9.46 Å². The lowest BCUT2D eigenvalue weighted by Gasteiger charge is -2.35. The van der Waals surface area contributed by atoms with Gasteiger partial charge in [-0.05, 0) is 48.6 Å². The summed E-state index contributed by atoms with van der Waals surface area (Å²) in [4.78, 5) is 25.0. The van der Waals surface area contributed by atoms with E-state index in [0.29, 0.717) is 18.8 Å². The molecular weight excluding hydrogens is 562 g/mol. The van der Waals surface area contributed by atoms with Gasteiger partial charge in [0.05, 0.1) is 41.7 Å². The van der Waals surface area contributed by atoms with Crippen LogP contribution >= 0.6 is 0 Å². The summed E-state index contributed by atoms with van der Waals surface area (Å²) in [5, 5.41) is 21.3. The molecule has 1 atom stereocenters. The zero-order valence-corrected chi connectivity index (χ0v) is 24.4. The number of fused-ring (bicyclic) bond motifs is 3. The van der Waals surface area contributed by atoms with E-state index in [9.17, 15) is 28.4 Å². The molecule has 12 heteroatoms. The van der Waals surface area contributed by atoms with Gasteiger partial charge >= 0.3 is 5.97 Å². The van der Waals surface area contributed by atoms with E-state index in [1.165, 1.54) is 34.7 Å². The Hall–Kier alpha value is -4.42. The monoisotopic (exact) mass is 595 g/mol. The average Bonchev–Trinajstić information content (AvgIpc) is 3.34. The molecule has 0 saturated heterocycles. The van der Waals surface area contributed by atoms with Gasteiger partial charge in [-0.1, -0.05) is 50.2 Å². The third kappa shape index (κ3) is 6.89. The van der Waals surface area contributed by atoms with Crippen molar-refractivity contribution in [3.05, 3.63) is 93.7 Å². The van der Waals surface area contributed by atoms with Crippen molar-refractivity contribution in [2.75, 3.05) is 17.6 Å². The second-order valence-corrected chi connectivity index (χ2v) is 11.7. The van der Waals surface area contributed by atoms with Gasteiger partial charge in [0.1, 0.15) is 11.4 Å². The Kier molecular flexibility index (Phi) is 9.17. The highest BCUT2D eigenvalue weighted by Crippen LogP contribution is 2.42. The van der Waals surface area contributed by atoms with Crippen molar-refractivity contribution in [3.8, 4) is 11.5 Å². The maximum Gasteiger partial charge on any atom is 0.306 e. The number of H-pyrrole nitrogens is 1. The lowest BCUT2D eigenvalue weighted by atomic mass is 9.86. The number of nitrogens with one attached hydrogen (secondary N) is 2. The molecule has 0 radical (unpaired) electrons. The Bertz CT molecular complexity index is 1700. The number of sulfonamides is 1. The number of hydrogen-bond acceptors (Lipinski definition) is 7. The van der Waals surface area contributed by atoms with Crippen LogP contribution in [-0.2, 0) is 38.0 Å². The second kappa shape index (κ2) is 12.6. The van der Waals surface area contributed by atoms with E-state index in [0.717, 1.165) is 30.3 Å². The normalized spacial score (nSPS) is 16.2. The van der Waals surface area contributed by atoms with Gasteiger partial charge in [-0.25, -0.2) is 8.42 Å². The second-order valence-electron chi connectivity index (χ2n) is 9.92. The van der Waals surface area contributed by atoms with Crippen LogP contribution in [0.5, 0.6) is 11.5 Å². The summed E-state index contributed by atoms with van der Waals surface area (Å²) in [7, 11) is -3.52. The highest BCUT2D eigenvalue weighted by atomic mass is 32.2. The van der Waals surface area contributed by atoms with E-state index < -0.39 is 26.5 Å². The molecule has 1 unspecified atom stereocenters. The fraction of sp³-hybridized carbons (Fsp3) is 0.300. The molecule has 0 aliphatic carbocycles. The molecule has 222 valence electrons. The summed E-state index contributed by atoms with van der Waals surface area (Å²) in [6.45, 7) is 4.71. The van der Waals surface area contributed by atoms with Gasteiger partial charge in [0.2, 0.25) is 10.0 Å². The lowest BCUT2D eigenvalue weighted by Crippen LogP contribution is -2.37. The first kappa shape index (κ1) is 30.5. The number of aryl methyl sites for hydroxylation is 1. The quantitative estimate of drug-likeness (QED) is 0.154. The van der Waals surface area contributed by atoms with Crippen LogP contribution in [-0.4, -0.2) is 42.3 Å². The van der Waals surface area contributed by atoms with Crippen LogP contribution in [0.4, 0.5) is 11.4 Å². The third-order valence-electron chi connectivity index (χ3n) is 7.04. The van der Waals surface area contributed by atoms with Crippen molar-refractivity contribution in [1.82, 2.24) is 4.98 Å². The molecule has 4 aromatic rings. The zero-order valence-electron chi connectivity index (χ0n) is 23.5. The predicted molar refractivity (Wildman–Crippen MR) is 160 cm³/mol. The Morgan fingerprint density at radius 1 is 1.14 bits per heavy atom. The van der Waals surface area contributed by atoms with Crippen molar-refractivity contribution in [2.45, 2.75) is 45.1 Å². The molecule has 1 aliphatic heterocycles. The van der Waals surface area contributed by atoms with E-state index in [-0.39, 0.29) is 23.5 Å². The topological polar surface area (TPSA) is 161 Å². The van der Waals surface area contributed by atoms with Gasteiger partial charge in [0, 0.05) is 17.0 Å². The van der Waals surface area contributed by atoms with E-state index >= 15 is 0 Å². The number of carbonyl (C=O) groups is 1. The first-order chi connectivity index (χ1) is 20.0. The number of hydrogen-bond donors (Lipinski definition) is 3. The molecule has 3 N–H and O–H groups in total.